The van der Waals surface area contributed by atoms with Crippen molar-refractivity contribution >= 4 is 23.5 Å². The first-order valence-corrected chi connectivity index (χ1v) is 7.77. The van der Waals surface area contributed by atoms with Gasteiger partial charge in [-0.05, 0) is 30.7 Å². The van der Waals surface area contributed by atoms with E-state index in [1.165, 1.54) is 0 Å². The van der Waals surface area contributed by atoms with Gasteiger partial charge in [0.15, 0.2) is 0 Å². The molecule has 0 radical (unpaired) electrons. The van der Waals surface area contributed by atoms with Crippen molar-refractivity contribution < 1.29 is 19.1 Å². The van der Waals surface area contributed by atoms with Crippen LogP contribution in [0.25, 0.3) is 0 Å². The molecule has 0 saturated carbocycles. The number of ether oxygens (including phenoxy) is 1. The van der Waals surface area contributed by atoms with Crippen LogP contribution < -0.4 is 15.4 Å². The van der Waals surface area contributed by atoms with Gasteiger partial charge in [-0.25, -0.2) is 4.79 Å². The molecule has 1 atom stereocenters. The van der Waals surface area contributed by atoms with E-state index in [9.17, 15) is 14.4 Å². The summed E-state index contributed by atoms with van der Waals surface area (Å²) in [6.07, 6.45) is 0. The number of hydrogen-bond donors (Lipinski definition) is 2. The molecule has 2 aliphatic heterocycles. The predicted octanol–water partition coefficient (Wildman–Crippen LogP) is 0.178. The molecule has 8 nitrogen and oxygen atoms in total. The minimum Gasteiger partial charge on any atom is -0.497 e. The van der Waals surface area contributed by atoms with Gasteiger partial charge >= 0.3 is 6.03 Å². The lowest BCUT2D eigenvalue weighted by Crippen LogP contribution is -2.66. The van der Waals surface area contributed by atoms with E-state index >= 15 is 0 Å². The maximum Gasteiger partial charge on any atom is 0.321 e. The summed E-state index contributed by atoms with van der Waals surface area (Å²) in [4.78, 5) is 39.4. The smallest absolute Gasteiger partial charge is 0.321 e. The summed E-state index contributed by atoms with van der Waals surface area (Å²) in [5, 5.41) is 5.41. The molecule has 2 heterocycles. The van der Waals surface area contributed by atoms with Crippen LogP contribution >= 0.6 is 0 Å². The second kappa shape index (κ2) is 6.38. The molecule has 8 heteroatoms. The van der Waals surface area contributed by atoms with Crippen molar-refractivity contribution in [2.75, 3.05) is 38.6 Å². The van der Waals surface area contributed by atoms with E-state index in [1.807, 2.05) is 13.0 Å². The van der Waals surface area contributed by atoms with E-state index in [0.717, 1.165) is 11.3 Å². The fourth-order valence-corrected chi connectivity index (χ4v) is 2.97. The van der Waals surface area contributed by atoms with Crippen molar-refractivity contribution in [2.45, 2.75) is 13.0 Å². The van der Waals surface area contributed by atoms with Gasteiger partial charge in [-0.1, -0.05) is 0 Å². The molecule has 1 aromatic carbocycles. The van der Waals surface area contributed by atoms with Crippen LogP contribution in [0.3, 0.4) is 0 Å². The summed E-state index contributed by atoms with van der Waals surface area (Å²) in [6, 6.07) is 4.49. The van der Waals surface area contributed by atoms with Crippen LogP contribution in [-0.4, -0.2) is 67.0 Å². The Bertz CT molecular complexity index is 691. The van der Waals surface area contributed by atoms with Crippen LogP contribution in [0.5, 0.6) is 5.75 Å². The Hall–Kier alpha value is -2.77. The fourth-order valence-electron chi connectivity index (χ4n) is 2.97. The molecule has 2 fully saturated rings. The fraction of sp³-hybridized carbons (Fsp3) is 0.438. The number of methoxy groups -OCH3 is 1. The molecular formula is C16H20N4O4. The van der Waals surface area contributed by atoms with E-state index in [4.69, 9.17) is 4.74 Å². The first-order valence-electron chi connectivity index (χ1n) is 7.77. The van der Waals surface area contributed by atoms with Crippen LogP contribution in [0.1, 0.15) is 5.56 Å². The van der Waals surface area contributed by atoms with E-state index in [-0.39, 0.29) is 30.9 Å². The molecule has 2 saturated heterocycles. The number of nitrogens with zero attached hydrogens (tertiary/aromatic N) is 2. The van der Waals surface area contributed by atoms with Crippen LogP contribution in [0, 0.1) is 6.92 Å². The maximum absolute atomic E-state index is 12.5. The highest BCUT2D eigenvalue weighted by atomic mass is 16.5. The van der Waals surface area contributed by atoms with Crippen molar-refractivity contribution in [3.05, 3.63) is 23.8 Å². The Balaban J connectivity index is 1.68. The minimum absolute atomic E-state index is 0.0343. The van der Waals surface area contributed by atoms with Crippen molar-refractivity contribution in [1.82, 2.24) is 15.1 Å². The Morgan fingerprint density at radius 2 is 2.12 bits per heavy atom. The Kier molecular flexibility index (Phi) is 4.28. The third-order valence-electron chi connectivity index (χ3n) is 4.38. The van der Waals surface area contributed by atoms with Crippen molar-refractivity contribution in [3.8, 4) is 5.75 Å². The van der Waals surface area contributed by atoms with E-state index in [0.29, 0.717) is 18.8 Å². The monoisotopic (exact) mass is 332 g/mol. The largest absolute Gasteiger partial charge is 0.497 e. The summed E-state index contributed by atoms with van der Waals surface area (Å²) < 4.78 is 5.15. The standard InChI is InChI=1S/C16H20N4O4/c1-10-7-11(24-2)3-4-12(10)18-16(23)19-5-6-20-13(9-19)15(22)17-8-14(20)21/h3-4,7,13H,5-6,8-9H2,1-2H3,(H,17,22)(H,18,23)/t13-/m1/s1. The van der Waals surface area contributed by atoms with Gasteiger partial charge < -0.3 is 25.2 Å². The summed E-state index contributed by atoms with van der Waals surface area (Å²) in [5.74, 6) is 0.398. The van der Waals surface area contributed by atoms with Gasteiger partial charge in [-0.15, -0.1) is 0 Å². The number of nitrogens with one attached hydrogen (secondary N) is 2. The van der Waals surface area contributed by atoms with Gasteiger partial charge in [0, 0.05) is 18.8 Å². The first kappa shape index (κ1) is 16.1. The van der Waals surface area contributed by atoms with E-state index in [1.54, 1.807) is 29.0 Å². The lowest BCUT2D eigenvalue weighted by Gasteiger charge is -2.42. The highest BCUT2D eigenvalue weighted by molar-refractivity contribution is 5.96. The quantitative estimate of drug-likeness (QED) is 0.808. The Labute approximate surface area is 139 Å². The van der Waals surface area contributed by atoms with E-state index in [2.05, 4.69) is 10.6 Å². The van der Waals surface area contributed by atoms with Crippen LogP contribution in [0.2, 0.25) is 0 Å². The van der Waals surface area contributed by atoms with Gasteiger partial charge in [-0.3, -0.25) is 9.59 Å². The topological polar surface area (TPSA) is 91.0 Å². The molecule has 0 unspecified atom stereocenters. The lowest BCUT2D eigenvalue weighted by molar-refractivity contribution is -0.148. The SMILES string of the molecule is COc1ccc(NC(=O)N2CCN3C(=O)CNC(=O)[C@H]3C2)c(C)c1. The third kappa shape index (κ3) is 2.99. The molecule has 128 valence electrons. The average Bonchev–Trinajstić information content (AvgIpc) is 2.59. The second-order valence-electron chi connectivity index (χ2n) is 5.88. The number of aryl methyl sites for hydroxylation is 1. The highest BCUT2D eigenvalue weighted by Gasteiger charge is 2.39. The molecule has 4 amide bonds. The number of carbonyl (C=O) groups excluding carboxylic acids is 3. The molecule has 0 aliphatic carbocycles. The lowest BCUT2D eigenvalue weighted by atomic mass is 10.1. The number of amides is 4. The number of anilines is 1. The summed E-state index contributed by atoms with van der Waals surface area (Å²) in [6.45, 7) is 2.87. The molecule has 0 aromatic heterocycles. The van der Waals surface area contributed by atoms with Gasteiger partial charge in [-0.2, -0.15) is 0 Å². The molecule has 24 heavy (non-hydrogen) atoms. The number of carbonyl (C=O) groups is 3. The predicted molar refractivity (Wildman–Crippen MR) is 86.8 cm³/mol. The van der Waals surface area contributed by atoms with Gasteiger partial charge in [0.1, 0.15) is 11.8 Å². The normalized spacial score (nSPS) is 20.3. The van der Waals surface area contributed by atoms with Gasteiger partial charge in [0.05, 0.1) is 20.2 Å². The second-order valence-corrected chi connectivity index (χ2v) is 5.88. The van der Waals surface area contributed by atoms with Crippen LogP contribution in [-0.2, 0) is 9.59 Å². The minimum atomic E-state index is -0.609. The zero-order valence-corrected chi connectivity index (χ0v) is 13.7. The molecule has 2 aliphatic rings. The maximum atomic E-state index is 12.5. The Morgan fingerprint density at radius 3 is 2.83 bits per heavy atom. The summed E-state index contributed by atoms with van der Waals surface area (Å²) >= 11 is 0. The molecule has 0 spiro atoms. The van der Waals surface area contributed by atoms with Crippen molar-refractivity contribution in [3.63, 3.8) is 0 Å². The number of piperazine rings is 2. The van der Waals surface area contributed by atoms with Crippen molar-refractivity contribution in [2.24, 2.45) is 0 Å². The van der Waals surface area contributed by atoms with Gasteiger partial charge in [0.25, 0.3) is 0 Å². The van der Waals surface area contributed by atoms with Crippen LogP contribution in [0.4, 0.5) is 10.5 Å². The third-order valence-corrected chi connectivity index (χ3v) is 4.38. The molecule has 3 rings (SSSR count). The van der Waals surface area contributed by atoms with E-state index < -0.39 is 6.04 Å². The number of urea groups is 1. The first-order chi connectivity index (χ1) is 11.5. The summed E-state index contributed by atoms with van der Waals surface area (Å²) in [7, 11) is 1.59. The van der Waals surface area contributed by atoms with Gasteiger partial charge in [0.2, 0.25) is 11.8 Å². The number of hydrogen-bond acceptors (Lipinski definition) is 4. The Morgan fingerprint density at radius 1 is 1.33 bits per heavy atom. The van der Waals surface area contributed by atoms with Crippen molar-refractivity contribution in [1.29, 1.82) is 0 Å². The molecule has 1 aromatic rings. The zero-order valence-electron chi connectivity index (χ0n) is 13.7. The molecule has 0 bridgehead atoms. The zero-order chi connectivity index (χ0) is 17.3. The number of fused-ring (bicyclic) bond motifs is 1. The summed E-state index contributed by atoms with van der Waals surface area (Å²) in [5.41, 5.74) is 1.57. The number of benzene rings is 1. The van der Waals surface area contributed by atoms with Crippen LogP contribution in [0.15, 0.2) is 18.2 Å². The molecule has 2 N–H and O–H groups in total. The molecular weight excluding hydrogens is 312 g/mol. The highest BCUT2D eigenvalue weighted by Crippen LogP contribution is 2.22. The number of rotatable bonds is 2. The average molecular weight is 332 g/mol.